The van der Waals surface area contributed by atoms with Crippen molar-refractivity contribution in [1.82, 2.24) is 14.5 Å². The van der Waals surface area contributed by atoms with Crippen LogP contribution in [0.15, 0.2) is 249 Å². The van der Waals surface area contributed by atoms with Gasteiger partial charge in [0.1, 0.15) is 0 Å². The molecule has 13 aromatic rings. The predicted octanol–water partition coefficient (Wildman–Crippen LogP) is 17.0. The van der Waals surface area contributed by atoms with E-state index in [1.165, 1.54) is 76.4 Å². The van der Waals surface area contributed by atoms with Gasteiger partial charge in [-0.2, -0.15) is 0 Å². The topological polar surface area (TPSA) is 30.7 Å². The van der Waals surface area contributed by atoms with Gasteiger partial charge in [-0.25, -0.2) is 9.97 Å². The highest BCUT2D eigenvalue weighted by molar-refractivity contribution is 6.20. The number of nitrogens with zero attached hydrogens (tertiary/aromatic N) is 3. The minimum Gasteiger partial charge on any atom is -0.309 e. The third kappa shape index (κ3) is 6.67. The molecule has 2 aromatic heterocycles. The van der Waals surface area contributed by atoms with Gasteiger partial charge in [0.15, 0.2) is 5.82 Å². The highest BCUT2D eigenvalue weighted by atomic mass is 15.0. The third-order valence-electron chi connectivity index (χ3n) is 13.4. The zero-order chi connectivity index (χ0) is 44.3. The van der Waals surface area contributed by atoms with E-state index in [1.807, 2.05) is 0 Å². The molecule has 0 aliphatic carbocycles. The molecular weight excluding hydrogens is 811 g/mol. The number of hydrogen-bond donors (Lipinski definition) is 0. The third-order valence-corrected chi connectivity index (χ3v) is 13.4. The van der Waals surface area contributed by atoms with Gasteiger partial charge in [0.25, 0.3) is 0 Å². The van der Waals surface area contributed by atoms with Gasteiger partial charge in [-0.1, -0.05) is 206 Å². The average molecular weight is 852 g/mol. The van der Waals surface area contributed by atoms with Crippen LogP contribution in [0.1, 0.15) is 0 Å². The van der Waals surface area contributed by atoms with Crippen molar-refractivity contribution in [3.05, 3.63) is 249 Å². The number of fused-ring (bicyclic) bond motifs is 7. The summed E-state index contributed by atoms with van der Waals surface area (Å²) in [6.45, 7) is 0. The van der Waals surface area contributed by atoms with E-state index in [9.17, 15) is 0 Å². The molecule has 0 saturated carbocycles. The van der Waals surface area contributed by atoms with E-state index in [2.05, 4.69) is 253 Å². The number of rotatable bonds is 7. The van der Waals surface area contributed by atoms with Gasteiger partial charge >= 0.3 is 0 Å². The van der Waals surface area contributed by atoms with Crippen molar-refractivity contribution < 1.29 is 0 Å². The molecule has 0 amide bonds. The van der Waals surface area contributed by atoms with Crippen LogP contribution in [0.2, 0.25) is 0 Å². The Balaban J connectivity index is 0.955. The van der Waals surface area contributed by atoms with E-state index < -0.39 is 0 Å². The first-order valence-electron chi connectivity index (χ1n) is 22.9. The van der Waals surface area contributed by atoms with Crippen LogP contribution in [0.3, 0.4) is 0 Å². The number of hydrogen-bond acceptors (Lipinski definition) is 2. The van der Waals surface area contributed by atoms with Crippen LogP contribution in [-0.4, -0.2) is 14.5 Å². The van der Waals surface area contributed by atoms with E-state index in [0.29, 0.717) is 5.82 Å². The largest absolute Gasteiger partial charge is 0.309 e. The Morgan fingerprint density at radius 3 is 1.66 bits per heavy atom. The summed E-state index contributed by atoms with van der Waals surface area (Å²) < 4.78 is 2.38. The van der Waals surface area contributed by atoms with Crippen molar-refractivity contribution in [3.63, 3.8) is 0 Å². The normalized spacial score (nSPS) is 11.6. The Morgan fingerprint density at radius 2 is 0.851 bits per heavy atom. The fraction of sp³-hybridized carbons (Fsp3) is 0. The molecule has 0 radical (unpaired) electrons. The van der Waals surface area contributed by atoms with Crippen molar-refractivity contribution in [2.75, 3.05) is 0 Å². The van der Waals surface area contributed by atoms with E-state index >= 15 is 0 Å². The van der Waals surface area contributed by atoms with Gasteiger partial charge in [0.2, 0.25) is 0 Å². The van der Waals surface area contributed by atoms with Gasteiger partial charge in [-0.05, 0) is 108 Å². The van der Waals surface area contributed by atoms with E-state index in [4.69, 9.17) is 9.97 Å². The monoisotopic (exact) mass is 851 g/mol. The van der Waals surface area contributed by atoms with Crippen LogP contribution in [0.5, 0.6) is 0 Å². The second-order valence-corrected chi connectivity index (χ2v) is 17.3. The summed E-state index contributed by atoms with van der Waals surface area (Å²) in [5.41, 5.74) is 15.3. The fourth-order valence-electron chi connectivity index (χ4n) is 10.2. The van der Waals surface area contributed by atoms with Crippen molar-refractivity contribution in [2.24, 2.45) is 0 Å². The molecule has 0 bridgehead atoms. The molecule has 0 spiro atoms. The smallest absolute Gasteiger partial charge is 0.160 e. The average Bonchev–Trinajstić information content (AvgIpc) is 3.75. The fourth-order valence-corrected chi connectivity index (χ4v) is 10.2. The van der Waals surface area contributed by atoms with Gasteiger partial charge in [-0.3, -0.25) is 0 Å². The maximum atomic E-state index is 5.38. The molecule has 0 aliphatic heterocycles. The van der Waals surface area contributed by atoms with Crippen molar-refractivity contribution in [3.8, 4) is 73.0 Å². The molecule has 13 rings (SSSR count). The van der Waals surface area contributed by atoms with Crippen LogP contribution >= 0.6 is 0 Å². The molecular formula is C64H41N3. The second-order valence-electron chi connectivity index (χ2n) is 17.3. The Bertz CT molecular complexity index is 4000. The van der Waals surface area contributed by atoms with Crippen LogP contribution in [-0.2, 0) is 0 Å². The molecule has 312 valence electrons. The van der Waals surface area contributed by atoms with E-state index in [-0.39, 0.29) is 0 Å². The molecule has 0 fully saturated rings. The zero-order valence-corrected chi connectivity index (χ0v) is 36.5. The van der Waals surface area contributed by atoms with Crippen LogP contribution < -0.4 is 0 Å². The number of para-hydroxylation sites is 2. The predicted molar refractivity (Wildman–Crippen MR) is 282 cm³/mol. The van der Waals surface area contributed by atoms with Gasteiger partial charge in [-0.15, -0.1) is 0 Å². The minimum absolute atomic E-state index is 0.679. The Hall–Kier alpha value is -8.92. The molecule has 11 aromatic carbocycles. The molecule has 0 atom stereocenters. The number of benzene rings is 11. The molecule has 67 heavy (non-hydrogen) atoms. The summed E-state index contributed by atoms with van der Waals surface area (Å²) in [4.78, 5) is 10.7. The van der Waals surface area contributed by atoms with Crippen molar-refractivity contribution in [2.45, 2.75) is 0 Å². The van der Waals surface area contributed by atoms with Crippen LogP contribution in [0, 0.1) is 0 Å². The Kier molecular flexibility index (Phi) is 9.17. The standard InChI is InChI=1S/C64H41N3/c1-3-15-42(16-4-1)43-29-31-45(32-30-43)58-41-59(50-20-13-19-48(39-50)54-26-14-28-61-63(54)56-25-11-12-27-60(56)67(61)51-21-5-2-6-22-51)66-64(65-58)47-35-33-46(34-36-47)62-53-24-10-8-18-49(53)40-57-52-23-9-7-17-44(52)37-38-55(57)62/h1-41H. The summed E-state index contributed by atoms with van der Waals surface area (Å²) in [5.74, 6) is 0.679. The first kappa shape index (κ1) is 38.5. The molecule has 0 unspecified atom stereocenters. The number of aromatic nitrogens is 3. The maximum Gasteiger partial charge on any atom is 0.160 e. The molecule has 3 heteroatoms. The zero-order valence-electron chi connectivity index (χ0n) is 36.5. The second kappa shape index (κ2) is 16.0. The van der Waals surface area contributed by atoms with Gasteiger partial charge < -0.3 is 4.57 Å². The summed E-state index contributed by atoms with van der Waals surface area (Å²) in [5, 5.41) is 9.92. The highest BCUT2D eigenvalue weighted by Gasteiger charge is 2.18. The molecule has 0 aliphatic rings. The molecule has 0 N–H and O–H groups in total. The summed E-state index contributed by atoms with van der Waals surface area (Å²) in [6, 6.07) is 89.4. The first-order valence-corrected chi connectivity index (χ1v) is 22.9. The Morgan fingerprint density at radius 1 is 0.284 bits per heavy atom. The van der Waals surface area contributed by atoms with Gasteiger partial charge in [0, 0.05) is 33.2 Å². The minimum atomic E-state index is 0.679. The van der Waals surface area contributed by atoms with Crippen molar-refractivity contribution in [1.29, 1.82) is 0 Å². The maximum absolute atomic E-state index is 5.38. The van der Waals surface area contributed by atoms with Gasteiger partial charge in [0.05, 0.1) is 22.4 Å². The lowest BCUT2D eigenvalue weighted by atomic mass is 9.89. The lowest BCUT2D eigenvalue weighted by molar-refractivity contribution is 1.18. The van der Waals surface area contributed by atoms with E-state index in [0.717, 1.165) is 44.9 Å². The lowest BCUT2D eigenvalue weighted by Gasteiger charge is -2.15. The highest BCUT2D eigenvalue weighted by Crippen LogP contribution is 2.42. The van der Waals surface area contributed by atoms with Crippen LogP contribution in [0.4, 0.5) is 0 Å². The quantitative estimate of drug-likeness (QED) is 0.118. The SMILES string of the molecule is c1ccc(-c2ccc(-c3cc(-c4cccc(-c5cccc6c5c5ccccc5n6-c5ccccc5)c4)nc(-c4ccc(-c5c6ccccc6cc6c5ccc5ccccc56)cc4)n3)cc2)cc1. The first-order chi connectivity index (χ1) is 33.2. The molecule has 3 nitrogen and oxygen atoms in total. The summed E-state index contributed by atoms with van der Waals surface area (Å²) in [6.07, 6.45) is 0. The summed E-state index contributed by atoms with van der Waals surface area (Å²) in [7, 11) is 0. The van der Waals surface area contributed by atoms with Crippen molar-refractivity contribution >= 4 is 54.1 Å². The van der Waals surface area contributed by atoms with Crippen LogP contribution in [0.25, 0.3) is 127 Å². The molecule has 0 saturated heterocycles. The molecule has 2 heterocycles. The lowest BCUT2D eigenvalue weighted by Crippen LogP contribution is -1.96. The van der Waals surface area contributed by atoms with E-state index in [1.54, 1.807) is 0 Å². The summed E-state index contributed by atoms with van der Waals surface area (Å²) >= 11 is 0. The Labute approximate surface area is 388 Å².